The predicted octanol–water partition coefficient (Wildman–Crippen LogP) is 3.22. The van der Waals surface area contributed by atoms with Crippen LogP contribution in [-0.4, -0.2) is 12.6 Å². The number of hydrogen-bond donors (Lipinski definition) is 0. The summed E-state index contributed by atoms with van der Waals surface area (Å²) in [7, 11) is 0. The zero-order valence-corrected chi connectivity index (χ0v) is 9.10. The zero-order valence-electron chi connectivity index (χ0n) is 8.34. The van der Waals surface area contributed by atoms with Crippen LogP contribution in [0.15, 0.2) is 18.2 Å². The van der Waals surface area contributed by atoms with Gasteiger partial charge in [-0.1, -0.05) is 18.5 Å². The molecule has 0 aliphatic rings. The number of rotatable bonds is 3. The Morgan fingerprint density at radius 1 is 1.50 bits per heavy atom. The van der Waals surface area contributed by atoms with E-state index in [4.69, 9.17) is 16.3 Å². The van der Waals surface area contributed by atoms with Crippen molar-refractivity contribution >= 4 is 17.6 Å². The van der Waals surface area contributed by atoms with Crippen LogP contribution < -0.4 is 0 Å². The minimum atomic E-state index is -0.286. The molecule has 0 spiro atoms. The highest BCUT2D eigenvalue weighted by atomic mass is 35.5. The number of hydrogen-bond acceptors (Lipinski definition) is 2. The molecule has 0 heterocycles. The zero-order chi connectivity index (χ0) is 10.6. The van der Waals surface area contributed by atoms with Crippen LogP contribution in [0.4, 0.5) is 0 Å². The summed E-state index contributed by atoms with van der Waals surface area (Å²) in [6.07, 6.45) is 0.832. The van der Waals surface area contributed by atoms with E-state index in [1.165, 1.54) is 0 Å². The van der Waals surface area contributed by atoms with Crippen LogP contribution in [0.5, 0.6) is 0 Å². The lowest BCUT2D eigenvalue weighted by atomic mass is 10.1. The normalized spacial score (nSPS) is 9.93. The summed E-state index contributed by atoms with van der Waals surface area (Å²) in [6.45, 7) is 4.28. The molecule has 0 atom stereocenters. The second-order valence-corrected chi connectivity index (χ2v) is 3.51. The lowest BCUT2D eigenvalue weighted by Crippen LogP contribution is -2.05. The smallest absolute Gasteiger partial charge is 0.338 e. The van der Waals surface area contributed by atoms with Gasteiger partial charge >= 0.3 is 5.97 Å². The molecule has 0 saturated heterocycles. The highest BCUT2D eigenvalue weighted by Crippen LogP contribution is 2.16. The summed E-state index contributed by atoms with van der Waals surface area (Å²) in [5.74, 6) is -0.286. The van der Waals surface area contributed by atoms with E-state index in [0.717, 1.165) is 12.0 Å². The third-order valence-corrected chi connectivity index (χ3v) is 2.26. The summed E-state index contributed by atoms with van der Waals surface area (Å²) in [4.78, 5) is 11.4. The molecule has 0 radical (unpaired) electrons. The van der Waals surface area contributed by atoms with Gasteiger partial charge in [0.25, 0.3) is 0 Å². The fraction of sp³-hybridized carbons (Fsp3) is 0.364. The van der Waals surface area contributed by atoms with E-state index >= 15 is 0 Å². The minimum Gasteiger partial charge on any atom is -0.462 e. The van der Waals surface area contributed by atoms with Crippen molar-refractivity contribution in [1.29, 1.82) is 0 Å². The van der Waals surface area contributed by atoms with Crippen LogP contribution in [0.1, 0.15) is 29.3 Å². The van der Waals surface area contributed by atoms with Gasteiger partial charge in [0.1, 0.15) is 0 Å². The van der Waals surface area contributed by atoms with Gasteiger partial charge < -0.3 is 4.74 Å². The quantitative estimate of drug-likeness (QED) is 0.720. The Hall–Kier alpha value is -1.02. The van der Waals surface area contributed by atoms with Crippen molar-refractivity contribution in [2.75, 3.05) is 6.61 Å². The van der Waals surface area contributed by atoms with E-state index in [2.05, 4.69) is 0 Å². The number of ether oxygens (including phenoxy) is 1. The molecule has 3 heteroatoms. The standard InChI is InChI=1S/C11H13ClO2/c1-3-6-14-11(13)9-4-5-10(12)8(2)7-9/h4-5,7H,3,6H2,1-2H3. The van der Waals surface area contributed by atoms with E-state index in [1.54, 1.807) is 18.2 Å². The summed E-state index contributed by atoms with van der Waals surface area (Å²) in [6, 6.07) is 5.12. The molecule has 0 amide bonds. The van der Waals surface area contributed by atoms with Crippen molar-refractivity contribution in [2.45, 2.75) is 20.3 Å². The van der Waals surface area contributed by atoms with Gasteiger partial charge in [-0.15, -0.1) is 0 Å². The van der Waals surface area contributed by atoms with Crippen LogP contribution in [0.25, 0.3) is 0 Å². The molecule has 1 aromatic carbocycles. The fourth-order valence-corrected chi connectivity index (χ4v) is 1.17. The van der Waals surface area contributed by atoms with Crippen molar-refractivity contribution in [3.05, 3.63) is 34.3 Å². The first-order valence-corrected chi connectivity index (χ1v) is 4.96. The molecule has 0 aromatic heterocycles. The van der Waals surface area contributed by atoms with Gasteiger partial charge in [-0.05, 0) is 37.1 Å². The third kappa shape index (κ3) is 2.74. The van der Waals surface area contributed by atoms with Crippen molar-refractivity contribution in [2.24, 2.45) is 0 Å². The van der Waals surface area contributed by atoms with Crippen LogP contribution in [0.2, 0.25) is 5.02 Å². The number of carbonyl (C=O) groups excluding carboxylic acids is 1. The Balaban J connectivity index is 2.76. The van der Waals surface area contributed by atoms with Crippen LogP contribution in [0, 0.1) is 6.92 Å². The second kappa shape index (κ2) is 5.01. The molecular formula is C11H13ClO2. The Bertz CT molecular complexity index is 334. The SMILES string of the molecule is CCCOC(=O)c1ccc(Cl)c(C)c1. The van der Waals surface area contributed by atoms with E-state index < -0.39 is 0 Å². The third-order valence-electron chi connectivity index (χ3n) is 1.83. The van der Waals surface area contributed by atoms with E-state index in [9.17, 15) is 4.79 Å². The molecule has 14 heavy (non-hydrogen) atoms. The van der Waals surface area contributed by atoms with E-state index in [1.807, 2.05) is 13.8 Å². The topological polar surface area (TPSA) is 26.3 Å². The Labute approximate surface area is 88.8 Å². The molecule has 1 rings (SSSR count). The first-order valence-electron chi connectivity index (χ1n) is 4.58. The number of esters is 1. The highest BCUT2D eigenvalue weighted by molar-refractivity contribution is 6.31. The number of benzene rings is 1. The number of halogens is 1. The van der Waals surface area contributed by atoms with E-state index in [-0.39, 0.29) is 5.97 Å². The van der Waals surface area contributed by atoms with Crippen LogP contribution in [0.3, 0.4) is 0 Å². The van der Waals surface area contributed by atoms with Gasteiger partial charge in [-0.2, -0.15) is 0 Å². The monoisotopic (exact) mass is 212 g/mol. The van der Waals surface area contributed by atoms with Crippen molar-refractivity contribution in [3.8, 4) is 0 Å². The minimum absolute atomic E-state index is 0.286. The highest BCUT2D eigenvalue weighted by Gasteiger charge is 2.07. The molecule has 0 N–H and O–H groups in total. The average molecular weight is 213 g/mol. The van der Waals surface area contributed by atoms with Gasteiger partial charge in [-0.25, -0.2) is 4.79 Å². The molecule has 2 nitrogen and oxygen atoms in total. The Morgan fingerprint density at radius 3 is 2.79 bits per heavy atom. The Kier molecular flexibility index (Phi) is 3.96. The van der Waals surface area contributed by atoms with Crippen molar-refractivity contribution < 1.29 is 9.53 Å². The maximum Gasteiger partial charge on any atom is 0.338 e. The molecular weight excluding hydrogens is 200 g/mol. The lowest BCUT2D eigenvalue weighted by molar-refractivity contribution is 0.0505. The molecule has 0 unspecified atom stereocenters. The molecule has 0 bridgehead atoms. The molecule has 0 fully saturated rings. The first-order chi connectivity index (χ1) is 6.65. The lowest BCUT2D eigenvalue weighted by Gasteiger charge is -2.04. The second-order valence-electron chi connectivity index (χ2n) is 3.10. The average Bonchev–Trinajstić information content (AvgIpc) is 2.18. The fourth-order valence-electron chi connectivity index (χ4n) is 1.05. The largest absolute Gasteiger partial charge is 0.462 e. The maximum absolute atomic E-state index is 11.4. The van der Waals surface area contributed by atoms with Crippen LogP contribution >= 0.6 is 11.6 Å². The molecule has 0 saturated carbocycles. The molecule has 0 aliphatic carbocycles. The molecule has 0 aliphatic heterocycles. The first kappa shape index (κ1) is 11.1. The maximum atomic E-state index is 11.4. The van der Waals surface area contributed by atoms with Gasteiger partial charge in [0.05, 0.1) is 12.2 Å². The van der Waals surface area contributed by atoms with Gasteiger partial charge in [0.15, 0.2) is 0 Å². The molecule has 76 valence electrons. The summed E-state index contributed by atoms with van der Waals surface area (Å²) in [5, 5.41) is 0.664. The van der Waals surface area contributed by atoms with Crippen molar-refractivity contribution in [1.82, 2.24) is 0 Å². The van der Waals surface area contributed by atoms with Crippen molar-refractivity contribution in [3.63, 3.8) is 0 Å². The van der Waals surface area contributed by atoms with E-state index in [0.29, 0.717) is 17.2 Å². The van der Waals surface area contributed by atoms with Gasteiger partial charge in [-0.3, -0.25) is 0 Å². The van der Waals surface area contributed by atoms with Gasteiger partial charge in [0, 0.05) is 5.02 Å². The van der Waals surface area contributed by atoms with Crippen LogP contribution in [-0.2, 0) is 4.74 Å². The Morgan fingerprint density at radius 2 is 2.21 bits per heavy atom. The predicted molar refractivity (Wildman–Crippen MR) is 56.8 cm³/mol. The summed E-state index contributed by atoms with van der Waals surface area (Å²) >= 11 is 5.84. The summed E-state index contributed by atoms with van der Waals surface area (Å²) in [5.41, 5.74) is 1.44. The number of aryl methyl sites for hydroxylation is 1. The summed E-state index contributed by atoms with van der Waals surface area (Å²) < 4.78 is 4.99. The molecule has 1 aromatic rings. The van der Waals surface area contributed by atoms with Gasteiger partial charge in [0.2, 0.25) is 0 Å². The number of carbonyl (C=O) groups is 1.